The number of fused-ring (bicyclic) bond motifs is 1. The number of alkyl halides is 2. The van der Waals surface area contributed by atoms with Crippen LogP contribution in [0.25, 0.3) is 5.70 Å². The molecule has 1 saturated carbocycles. The van der Waals surface area contributed by atoms with Gasteiger partial charge in [0, 0.05) is 48.2 Å². The van der Waals surface area contributed by atoms with Crippen LogP contribution >= 0.6 is 11.6 Å². The van der Waals surface area contributed by atoms with Crippen molar-refractivity contribution in [3.05, 3.63) is 52.8 Å². The maximum absolute atomic E-state index is 12.6. The quantitative estimate of drug-likeness (QED) is 0.653. The lowest BCUT2D eigenvalue weighted by atomic mass is 10.1. The number of carbonyl (C=O) groups excluding carboxylic acids is 1. The summed E-state index contributed by atoms with van der Waals surface area (Å²) in [5.41, 5.74) is 3.46. The van der Waals surface area contributed by atoms with Crippen molar-refractivity contribution in [3.63, 3.8) is 0 Å². The number of nitrogens with one attached hydrogen (secondary N) is 1. The molecule has 4 rings (SSSR count). The van der Waals surface area contributed by atoms with Gasteiger partial charge in [-0.3, -0.25) is 4.79 Å². The summed E-state index contributed by atoms with van der Waals surface area (Å²) in [7, 11) is 0. The number of rotatable bonds is 7. The van der Waals surface area contributed by atoms with Crippen LogP contribution in [0.3, 0.4) is 0 Å². The molecule has 0 atom stereocenters. The molecule has 2 aromatic heterocycles. The zero-order valence-corrected chi connectivity index (χ0v) is 17.7. The molecular weight excluding hydrogens is 426 g/mol. The second-order valence-electron chi connectivity index (χ2n) is 7.79. The van der Waals surface area contributed by atoms with Crippen LogP contribution in [0, 0.1) is 5.92 Å². The molecule has 0 aromatic carbocycles. The predicted molar refractivity (Wildman–Crippen MR) is 114 cm³/mol. The van der Waals surface area contributed by atoms with E-state index in [1.807, 2.05) is 11.0 Å². The van der Waals surface area contributed by atoms with E-state index in [1.54, 1.807) is 18.5 Å². The molecule has 0 saturated heterocycles. The van der Waals surface area contributed by atoms with Gasteiger partial charge in [-0.2, -0.15) is 0 Å². The molecule has 0 radical (unpaired) electrons. The van der Waals surface area contributed by atoms with Crippen molar-refractivity contribution in [2.75, 3.05) is 11.9 Å². The maximum atomic E-state index is 12.6. The zero-order valence-electron chi connectivity index (χ0n) is 16.9. The highest BCUT2D eigenvalue weighted by Gasteiger charge is 2.28. The number of ether oxygens (including phenoxy) is 1. The van der Waals surface area contributed by atoms with E-state index in [0.29, 0.717) is 18.9 Å². The number of halogens is 3. The Morgan fingerprint density at radius 1 is 1.35 bits per heavy atom. The van der Waals surface area contributed by atoms with Crippen molar-refractivity contribution < 1.29 is 18.3 Å². The van der Waals surface area contributed by atoms with Gasteiger partial charge in [-0.05, 0) is 30.5 Å². The molecule has 3 heterocycles. The Kier molecular flexibility index (Phi) is 6.36. The van der Waals surface area contributed by atoms with Gasteiger partial charge < -0.3 is 15.0 Å². The van der Waals surface area contributed by atoms with Crippen molar-refractivity contribution in [2.45, 2.75) is 45.2 Å². The minimum atomic E-state index is -2.60. The van der Waals surface area contributed by atoms with Gasteiger partial charge in [0.1, 0.15) is 10.8 Å². The fourth-order valence-electron chi connectivity index (χ4n) is 4.07. The summed E-state index contributed by atoms with van der Waals surface area (Å²) >= 11 is 6.14. The predicted octanol–water partition coefficient (Wildman–Crippen LogP) is 4.89. The van der Waals surface area contributed by atoms with E-state index in [2.05, 4.69) is 21.9 Å². The Labute approximate surface area is 184 Å². The first-order valence-corrected chi connectivity index (χ1v) is 10.6. The van der Waals surface area contributed by atoms with Gasteiger partial charge in [0.2, 0.25) is 11.8 Å². The van der Waals surface area contributed by atoms with Crippen LogP contribution in [0.4, 0.5) is 14.6 Å². The molecule has 0 bridgehead atoms. The van der Waals surface area contributed by atoms with Gasteiger partial charge in [0.05, 0.1) is 0 Å². The van der Waals surface area contributed by atoms with Gasteiger partial charge in [0.15, 0.2) is 6.61 Å². The lowest BCUT2D eigenvalue weighted by molar-refractivity contribution is -0.119. The normalized spacial score (nSPS) is 16.1. The van der Waals surface area contributed by atoms with Crippen LogP contribution in [-0.4, -0.2) is 33.8 Å². The number of carbonyl (C=O) groups is 1. The summed E-state index contributed by atoms with van der Waals surface area (Å²) in [5, 5.41) is 3.17. The Morgan fingerprint density at radius 2 is 2.13 bits per heavy atom. The van der Waals surface area contributed by atoms with Gasteiger partial charge in [-0.15, -0.1) is 0 Å². The van der Waals surface area contributed by atoms with E-state index < -0.39 is 13.0 Å². The number of hydrogen-bond acceptors (Lipinski definition) is 5. The summed E-state index contributed by atoms with van der Waals surface area (Å²) in [5.74, 6) is 0.635. The Balaban J connectivity index is 1.45. The Morgan fingerprint density at radius 3 is 2.84 bits per heavy atom. The highest BCUT2D eigenvalue weighted by molar-refractivity contribution is 6.31. The molecule has 0 unspecified atom stereocenters. The van der Waals surface area contributed by atoms with E-state index in [0.717, 1.165) is 48.1 Å². The highest BCUT2D eigenvalue weighted by Crippen LogP contribution is 2.37. The van der Waals surface area contributed by atoms with Gasteiger partial charge in [-0.25, -0.2) is 18.7 Å². The molecule has 6 nitrogen and oxygen atoms in total. The van der Waals surface area contributed by atoms with E-state index in [9.17, 15) is 13.6 Å². The number of amides is 1. The molecule has 0 spiro atoms. The summed E-state index contributed by atoms with van der Waals surface area (Å²) in [6.07, 6.45) is 4.64. The van der Waals surface area contributed by atoms with Gasteiger partial charge >= 0.3 is 0 Å². The van der Waals surface area contributed by atoms with Crippen LogP contribution < -0.4 is 10.1 Å². The Bertz CT molecular complexity index is 995. The van der Waals surface area contributed by atoms with Gasteiger partial charge in [-0.1, -0.05) is 31.0 Å². The number of nitrogens with zero attached hydrogens (tertiary/aromatic N) is 3. The van der Waals surface area contributed by atoms with E-state index in [1.165, 1.54) is 0 Å². The van der Waals surface area contributed by atoms with E-state index >= 15 is 0 Å². The second kappa shape index (κ2) is 9.18. The summed E-state index contributed by atoms with van der Waals surface area (Å²) in [6, 6.07) is 3.53. The highest BCUT2D eigenvalue weighted by atomic mass is 35.5. The minimum absolute atomic E-state index is 0.0182. The topological polar surface area (TPSA) is 67.4 Å². The zero-order chi connectivity index (χ0) is 22.0. The van der Waals surface area contributed by atoms with Crippen molar-refractivity contribution in [1.82, 2.24) is 14.9 Å². The molecule has 1 amide bonds. The van der Waals surface area contributed by atoms with E-state index in [-0.39, 0.29) is 22.7 Å². The van der Waals surface area contributed by atoms with Crippen molar-refractivity contribution in [3.8, 4) is 5.88 Å². The van der Waals surface area contributed by atoms with Crippen LogP contribution in [0.2, 0.25) is 5.02 Å². The van der Waals surface area contributed by atoms with E-state index in [4.69, 9.17) is 16.3 Å². The lowest BCUT2D eigenvalue weighted by Gasteiger charge is -2.19. The van der Waals surface area contributed by atoms with Crippen LogP contribution in [-0.2, 0) is 17.9 Å². The number of anilines is 1. The number of pyridine rings is 2. The van der Waals surface area contributed by atoms with Crippen molar-refractivity contribution in [2.24, 2.45) is 5.92 Å². The fraction of sp³-hybridized carbons (Fsp3) is 0.409. The summed E-state index contributed by atoms with van der Waals surface area (Å²) < 4.78 is 29.6. The van der Waals surface area contributed by atoms with Gasteiger partial charge in [0.25, 0.3) is 6.43 Å². The molecule has 1 N–H and O–H groups in total. The maximum Gasteiger partial charge on any atom is 0.272 e. The van der Waals surface area contributed by atoms with Crippen LogP contribution in [0.5, 0.6) is 5.88 Å². The monoisotopic (exact) mass is 448 g/mol. The first kappa shape index (κ1) is 21.5. The number of aromatic nitrogens is 2. The smallest absolute Gasteiger partial charge is 0.272 e. The third-order valence-corrected chi connectivity index (χ3v) is 5.92. The minimum Gasteiger partial charge on any atom is -0.471 e. The first-order valence-electron chi connectivity index (χ1n) is 10.2. The molecule has 1 fully saturated rings. The fourth-order valence-corrected chi connectivity index (χ4v) is 4.31. The van der Waals surface area contributed by atoms with Crippen LogP contribution in [0.1, 0.15) is 42.4 Å². The largest absolute Gasteiger partial charge is 0.471 e. The summed E-state index contributed by atoms with van der Waals surface area (Å²) in [6.45, 7) is 4.42. The molecule has 1 aliphatic heterocycles. The molecule has 2 aromatic rings. The molecule has 1 aliphatic carbocycles. The molecular formula is C22H23ClF2N4O2. The number of hydrogen-bond donors (Lipinski definition) is 1. The average Bonchev–Trinajstić information content (AvgIpc) is 3.37. The molecule has 31 heavy (non-hydrogen) atoms. The average molecular weight is 449 g/mol. The summed E-state index contributed by atoms with van der Waals surface area (Å²) in [4.78, 5) is 23.0. The lowest BCUT2D eigenvalue weighted by Crippen LogP contribution is -2.22. The SMILES string of the molecule is C=C1c2ccnc(NC(=O)C3CCCC3)c2CN1Cc1cnc(OCC(F)F)c(Cl)c1. The third kappa shape index (κ3) is 4.79. The third-order valence-electron chi connectivity index (χ3n) is 5.65. The first-order chi connectivity index (χ1) is 14.9. The van der Waals surface area contributed by atoms with Crippen LogP contribution in [0.15, 0.2) is 31.1 Å². The molecule has 9 heteroatoms. The second-order valence-corrected chi connectivity index (χ2v) is 8.20. The standard InChI is InChI=1S/C22H23ClF2N4O2/c1-13-16-6-7-26-20(28-21(30)15-4-2-3-5-15)17(16)11-29(13)10-14-8-18(23)22(27-9-14)31-12-19(24)25/h6-9,15,19H,1-5,10-12H2,(H,26,28,30). The molecule has 2 aliphatic rings. The Hall–Kier alpha value is -2.74. The molecule has 164 valence electrons. The van der Waals surface area contributed by atoms with Crippen molar-refractivity contribution in [1.29, 1.82) is 0 Å². The van der Waals surface area contributed by atoms with Crippen molar-refractivity contribution >= 4 is 29.0 Å².